The van der Waals surface area contributed by atoms with E-state index in [1.165, 1.54) is 18.4 Å². The summed E-state index contributed by atoms with van der Waals surface area (Å²) in [6, 6.07) is 0. The zero-order valence-corrected chi connectivity index (χ0v) is 15.9. The molecule has 0 bridgehead atoms. The maximum atomic E-state index is 11.6. The molecule has 3 unspecified atom stereocenters. The summed E-state index contributed by atoms with van der Waals surface area (Å²) in [4.78, 5) is 0. The molecule has 3 nitrogen and oxygen atoms in total. The van der Waals surface area contributed by atoms with E-state index in [9.17, 15) is 10.2 Å². The first-order valence-electron chi connectivity index (χ1n) is 10.3. The van der Waals surface area contributed by atoms with Crippen molar-refractivity contribution in [2.75, 3.05) is 13.7 Å². The fraction of sp³-hybridized carbons (Fsp3) is 0.739. The monoisotopic (exact) mass is 354 g/mol. The van der Waals surface area contributed by atoms with E-state index >= 15 is 0 Å². The lowest BCUT2D eigenvalue weighted by molar-refractivity contribution is -0.103. The van der Waals surface area contributed by atoms with Gasteiger partial charge in [0.1, 0.15) is 12.2 Å². The van der Waals surface area contributed by atoms with Crippen molar-refractivity contribution in [3.05, 3.63) is 23.5 Å². The number of hydrogen-bond donors (Lipinski definition) is 2. The second-order valence-corrected chi connectivity index (χ2v) is 9.44. The Bertz CT molecular complexity index is 740. The van der Waals surface area contributed by atoms with Crippen LogP contribution in [0.4, 0.5) is 0 Å². The summed E-state index contributed by atoms with van der Waals surface area (Å²) in [5, 5.41) is 20.7. The fourth-order valence-electron chi connectivity index (χ4n) is 7.50. The smallest absolute Gasteiger partial charge is 0.134 e. The molecule has 5 rings (SSSR count). The fourth-order valence-corrected chi connectivity index (χ4v) is 7.50. The number of fused-ring (bicyclic) bond motifs is 7. The predicted molar refractivity (Wildman–Crippen MR) is 99.7 cm³/mol. The minimum atomic E-state index is -0.893. The van der Waals surface area contributed by atoms with E-state index in [0.717, 1.165) is 37.4 Å². The molecule has 0 aromatic heterocycles. The lowest BCUT2D eigenvalue weighted by Gasteiger charge is -2.55. The van der Waals surface area contributed by atoms with Crippen LogP contribution in [0.1, 0.15) is 45.4 Å². The van der Waals surface area contributed by atoms with Crippen LogP contribution < -0.4 is 0 Å². The second-order valence-electron chi connectivity index (χ2n) is 9.44. The van der Waals surface area contributed by atoms with Gasteiger partial charge in [0, 0.05) is 17.8 Å². The molecule has 0 aromatic carbocycles. The Hall–Kier alpha value is -1.24. The lowest BCUT2D eigenvalue weighted by atomic mass is 9.50. The van der Waals surface area contributed by atoms with Crippen molar-refractivity contribution in [2.24, 2.45) is 40.9 Å². The summed E-state index contributed by atoms with van der Waals surface area (Å²) in [6.45, 7) is 2.13. The molecule has 0 saturated heterocycles. The summed E-state index contributed by atoms with van der Waals surface area (Å²) < 4.78 is 5.50. The van der Waals surface area contributed by atoms with Gasteiger partial charge in [-0.3, -0.25) is 0 Å². The van der Waals surface area contributed by atoms with Crippen LogP contribution in [0.25, 0.3) is 0 Å². The molecule has 8 atom stereocenters. The van der Waals surface area contributed by atoms with E-state index < -0.39 is 5.60 Å². The maximum Gasteiger partial charge on any atom is 0.134 e. The number of allylic oxidation sites excluding steroid dienone is 4. The third-order valence-electron chi connectivity index (χ3n) is 8.67. The Labute approximate surface area is 156 Å². The molecular weight excluding hydrogens is 324 g/mol. The highest BCUT2D eigenvalue weighted by Crippen LogP contribution is 2.75. The topological polar surface area (TPSA) is 49.7 Å². The van der Waals surface area contributed by atoms with E-state index in [-0.39, 0.29) is 12.0 Å². The lowest BCUT2D eigenvalue weighted by Crippen LogP contribution is -2.54. The first-order chi connectivity index (χ1) is 12.5. The highest BCUT2D eigenvalue weighted by molar-refractivity contribution is 5.37. The maximum absolute atomic E-state index is 11.6. The largest absolute Gasteiger partial charge is 0.501 e. The summed E-state index contributed by atoms with van der Waals surface area (Å²) in [5.74, 6) is 10.7. The Morgan fingerprint density at radius 3 is 2.88 bits per heavy atom. The molecule has 0 spiro atoms. The summed E-state index contributed by atoms with van der Waals surface area (Å²) >= 11 is 0. The van der Waals surface area contributed by atoms with E-state index in [0.29, 0.717) is 29.6 Å². The Morgan fingerprint density at radius 1 is 1.27 bits per heavy atom. The van der Waals surface area contributed by atoms with Crippen molar-refractivity contribution in [1.82, 2.24) is 0 Å². The zero-order chi connectivity index (χ0) is 18.1. The van der Waals surface area contributed by atoms with E-state index in [1.54, 1.807) is 7.11 Å². The highest BCUT2D eigenvalue weighted by atomic mass is 16.5. The molecule has 0 radical (unpaired) electrons. The third-order valence-corrected chi connectivity index (χ3v) is 8.67. The van der Waals surface area contributed by atoms with Crippen LogP contribution in [0.2, 0.25) is 0 Å². The molecule has 3 saturated carbocycles. The van der Waals surface area contributed by atoms with Gasteiger partial charge in [0.2, 0.25) is 0 Å². The van der Waals surface area contributed by atoms with Crippen molar-refractivity contribution in [3.8, 4) is 11.8 Å². The molecule has 0 aliphatic heterocycles. The van der Waals surface area contributed by atoms with E-state index in [4.69, 9.17) is 4.74 Å². The normalized spacial score (nSPS) is 50.8. The zero-order valence-electron chi connectivity index (χ0n) is 15.9. The third kappa shape index (κ3) is 2.04. The highest BCUT2D eigenvalue weighted by Gasteiger charge is 2.75. The van der Waals surface area contributed by atoms with Crippen molar-refractivity contribution in [2.45, 2.75) is 51.0 Å². The van der Waals surface area contributed by atoms with Gasteiger partial charge in [0.15, 0.2) is 0 Å². The number of aliphatic hydroxyl groups excluding tert-OH is 1. The number of ether oxygens (including phenoxy) is 1. The number of hydrogen-bond acceptors (Lipinski definition) is 3. The first-order valence-corrected chi connectivity index (χ1v) is 10.3. The Kier molecular flexibility index (Phi) is 3.66. The molecule has 0 aromatic rings. The number of rotatable bonds is 1. The van der Waals surface area contributed by atoms with Gasteiger partial charge in [-0.15, -0.1) is 0 Å². The van der Waals surface area contributed by atoms with Crippen molar-refractivity contribution in [1.29, 1.82) is 0 Å². The van der Waals surface area contributed by atoms with Gasteiger partial charge in [-0.2, -0.15) is 0 Å². The molecule has 26 heavy (non-hydrogen) atoms. The van der Waals surface area contributed by atoms with Crippen LogP contribution in [0.3, 0.4) is 0 Å². The quantitative estimate of drug-likeness (QED) is 0.711. The minimum absolute atomic E-state index is 0.114. The van der Waals surface area contributed by atoms with Gasteiger partial charge in [0.05, 0.1) is 12.9 Å². The number of aliphatic hydroxyl groups is 2. The van der Waals surface area contributed by atoms with Crippen LogP contribution in [0.5, 0.6) is 0 Å². The second kappa shape index (κ2) is 5.63. The molecule has 5 aliphatic rings. The summed E-state index contributed by atoms with van der Waals surface area (Å²) in [7, 11) is 1.78. The molecule has 2 N–H and O–H groups in total. The molecular formula is C23H30O3. The summed E-state index contributed by atoms with van der Waals surface area (Å²) in [6.07, 6.45) is 11.5. The molecule has 0 heterocycles. The van der Waals surface area contributed by atoms with Crippen LogP contribution in [0.15, 0.2) is 23.5 Å². The van der Waals surface area contributed by atoms with E-state index in [2.05, 4.69) is 30.9 Å². The molecule has 3 fully saturated rings. The average molecular weight is 354 g/mol. The van der Waals surface area contributed by atoms with Gasteiger partial charge < -0.3 is 14.9 Å². The van der Waals surface area contributed by atoms with Crippen LogP contribution in [0, 0.1) is 52.8 Å². The Balaban J connectivity index is 1.49. The van der Waals surface area contributed by atoms with Crippen LogP contribution >= 0.6 is 0 Å². The van der Waals surface area contributed by atoms with Crippen LogP contribution in [-0.2, 0) is 4.74 Å². The van der Waals surface area contributed by atoms with E-state index in [1.807, 2.05) is 0 Å². The molecule has 140 valence electrons. The standard InChI is InChI=1S/C23H30O3/c1-22-10-8-17-16-7-5-15(26-2)12-14(16)4-6-18(17)21(22)19-13-20(19)23(22,25)9-3-11-24/h4,12,16-21,24-25H,5-8,10-11,13H2,1-2H3/t16-,17?,18?,19+,20-,21?,22-,23-/m0/s1. The Morgan fingerprint density at radius 2 is 2.12 bits per heavy atom. The van der Waals surface area contributed by atoms with Crippen LogP contribution in [-0.4, -0.2) is 29.5 Å². The van der Waals surface area contributed by atoms with Gasteiger partial charge in [0.25, 0.3) is 0 Å². The van der Waals surface area contributed by atoms with Gasteiger partial charge in [-0.1, -0.05) is 24.8 Å². The minimum Gasteiger partial charge on any atom is -0.501 e. The molecule has 5 aliphatic carbocycles. The number of methoxy groups -OCH3 is 1. The SMILES string of the molecule is COC1=CC2=CCC3C(CC[C@@]4(C)C3[C@@H]3C[C@@H]3[C@@]4(O)C#CCO)[C@H]2CC1. The van der Waals surface area contributed by atoms with Gasteiger partial charge >= 0.3 is 0 Å². The molecule has 0 amide bonds. The van der Waals surface area contributed by atoms with Gasteiger partial charge in [-0.25, -0.2) is 0 Å². The van der Waals surface area contributed by atoms with Crippen molar-refractivity contribution in [3.63, 3.8) is 0 Å². The molecule has 3 heteroatoms. The predicted octanol–water partition coefficient (Wildman–Crippen LogP) is 3.28. The van der Waals surface area contributed by atoms with Crippen molar-refractivity contribution < 1.29 is 14.9 Å². The summed E-state index contributed by atoms with van der Waals surface area (Å²) in [5.41, 5.74) is 0.492. The average Bonchev–Trinajstić information content (AvgIpc) is 3.42. The first kappa shape index (κ1) is 16.9. The van der Waals surface area contributed by atoms with Gasteiger partial charge in [-0.05, 0) is 73.3 Å². The van der Waals surface area contributed by atoms with Crippen molar-refractivity contribution >= 4 is 0 Å².